The summed E-state index contributed by atoms with van der Waals surface area (Å²) >= 11 is 0. The molecule has 222 valence electrons. The van der Waals surface area contributed by atoms with Crippen molar-refractivity contribution >= 4 is 18.0 Å². The van der Waals surface area contributed by atoms with E-state index in [2.05, 4.69) is 4.90 Å². The molecule has 1 aliphatic carbocycles. The fraction of sp³-hybridized carbons (Fsp3) is 0.710. The minimum absolute atomic E-state index is 0.208. The summed E-state index contributed by atoms with van der Waals surface area (Å²) in [7, 11) is 1.34. The number of nitrogens with zero attached hydrogens (tertiary/aromatic N) is 2. The number of benzene rings is 1. The Labute approximate surface area is 238 Å². The van der Waals surface area contributed by atoms with Gasteiger partial charge < -0.3 is 28.7 Å². The molecule has 40 heavy (non-hydrogen) atoms. The van der Waals surface area contributed by atoms with Crippen molar-refractivity contribution in [2.45, 2.75) is 103 Å². The Kier molecular flexibility index (Phi) is 9.77. The van der Waals surface area contributed by atoms with E-state index in [-0.39, 0.29) is 24.4 Å². The lowest BCUT2D eigenvalue weighted by molar-refractivity contribution is -0.105. The van der Waals surface area contributed by atoms with E-state index in [4.69, 9.17) is 18.9 Å². The zero-order valence-electron chi connectivity index (χ0n) is 25.0. The highest BCUT2D eigenvalue weighted by Gasteiger charge is 2.38. The van der Waals surface area contributed by atoms with Crippen LogP contribution in [-0.2, 0) is 18.9 Å². The molecular weight excluding hydrogens is 512 g/mol. The number of likely N-dealkylation sites (tertiary alicyclic amines) is 2. The van der Waals surface area contributed by atoms with Crippen LogP contribution in [-0.4, -0.2) is 91.6 Å². The lowest BCUT2D eigenvalue weighted by Crippen LogP contribution is -2.52. The van der Waals surface area contributed by atoms with Gasteiger partial charge in [0.25, 0.3) is 0 Å². The molecule has 0 atom stereocenters. The number of rotatable bonds is 7. The van der Waals surface area contributed by atoms with Crippen molar-refractivity contribution in [3.8, 4) is 0 Å². The first kappa shape index (κ1) is 30.3. The third-order valence-corrected chi connectivity index (χ3v) is 8.43. The molecule has 0 spiro atoms. The molecule has 0 unspecified atom stereocenters. The summed E-state index contributed by atoms with van der Waals surface area (Å²) in [5, 5.41) is 0. The standard InChI is InChI=1S/C31H46N2O7/c1-7-38-28(34)26-9-8-25(20(2)27(26)29(35)37-6)21-10-14-32(15-11-21)22-18-24(19-22)39-23-12-16-33(17-13-23)30(36)40-31(3,4)5/h8-9,21-24H,7,10-19H2,1-6H3/t22-,24-. The molecular formula is C31H46N2O7. The predicted molar refractivity (Wildman–Crippen MR) is 151 cm³/mol. The number of piperidine rings is 2. The summed E-state index contributed by atoms with van der Waals surface area (Å²) in [6.45, 7) is 12.9. The number of hydrogen-bond acceptors (Lipinski definition) is 8. The van der Waals surface area contributed by atoms with E-state index in [1.54, 1.807) is 17.9 Å². The number of carbonyl (C=O) groups is 3. The SMILES string of the molecule is CCOC(=O)c1ccc(C2CCN([C@H]3C[C@H](OC4CCN(C(=O)OC(C)(C)C)CC4)C3)CC2)c(C)c1C(=O)OC. The topological polar surface area (TPSA) is 94.6 Å². The van der Waals surface area contributed by atoms with Gasteiger partial charge in [-0.1, -0.05) is 6.07 Å². The maximum atomic E-state index is 12.6. The molecule has 1 saturated carbocycles. The van der Waals surface area contributed by atoms with Crippen LogP contribution in [0.2, 0.25) is 0 Å². The Hall–Kier alpha value is -2.65. The minimum Gasteiger partial charge on any atom is -0.465 e. The molecule has 2 aliphatic heterocycles. The molecule has 0 bridgehead atoms. The number of ether oxygens (including phenoxy) is 4. The first-order chi connectivity index (χ1) is 19.0. The molecule has 3 aliphatic rings. The highest BCUT2D eigenvalue weighted by Crippen LogP contribution is 2.37. The van der Waals surface area contributed by atoms with Gasteiger partial charge in [-0.15, -0.1) is 0 Å². The van der Waals surface area contributed by atoms with Gasteiger partial charge in [0.15, 0.2) is 0 Å². The first-order valence-corrected chi connectivity index (χ1v) is 14.8. The summed E-state index contributed by atoms with van der Waals surface area (Å²) in [6, 6.07) is 4.24. The average Bonchev–Trinajstić information content (AvgIpc) is 2.89. The first-order valence-electron chi connectivity index (χ1n) is 14.8. The Balaban J connectivity index is 1.24. The maximum Gasteiger partial charge on any atom is 0.410 e. The molecule has 2 heterocycles. The quantitative estimate of drug-likeness (QED) is 0.338. The highest BCUT2D eigenvalue weighted by atomic mass is 16.6. The predicted octanol–water partition coefficient (Wildman–Crippen LogP) is 5.08. The number of carbonyl (C=O) groups excluding carboxylic acids is 3. The zero-order valence-corrected chi connectivity index (χ0v) is 25.0. The fourth-order valence-corrected chi connectivity index (χ4v) is 6.21. The second-order valence-electron chi connectivity index (χ2n) is 12.3. The molecule has 9 nitrogen and oxygen atoms in total. The summed E-state index contributed by atoms with van der Waals surface area (Å²) in [4.78, 5) is 41.7. The lowest BCUT2D eigenvalue weighted by atomic mass is 9.81. The number of amides is 1. The summed E-state index contributed by atoms with van der Waals surface area (Å²) < 4.78 is 22.1. The van der Waals surface area contributed by atoms with Crippen LogP contribution in [0.3, 0.4) is 0 Å². The molecule has 1 aromatic rings. The van der Waals surface area contributed by atoms with Crippen LogP contribution < -0.4 is 0 Å². The Morgan fingerprint density at radius 3 is 2.15 bits per heavy atom. The van der Waals surface area contributed by atoms with E-state index >= 15 is 0 Å². The average molecular weight is 559 g/mol. The lowest BCUT2D eigenvalue weighted by Gasteiger charge is -2.47. The van der Waals surface area contributed by atoms with Crippen LogP contribution in [0.15, 0.2) is 12.1 Å². The second kappa shape index (κ2) is 12.9. The normalized spacial score (nSPS) is 22.9. The molecule has 0 radical (unpaired) electrons. The molecule has 3 fully saturated rings. The van der Waals surface area contributed by atoms with Crippen LogP contribution in [0, 0.1) is 6.92 Å². The van der Waals surface area contributed by atoms with Crippen molar-refractivity contribution in [2.24, 2.45) is 0 Å². The van der Waals surface area contributed by atoms with E-state index in [1.165, 1.54) is 7.11 Å². The van der Waals surface area contributed by atoms with Gasteiger partial charge in [0.05, 0.1) is 37.1 Å². The van der Waals surface area contributed by atoms with Gasteiger partial charge in [0.2, 0.25) is 0 Å². The molecule has 0 N–H and O–H groups in total. The van der Waals surface area contributed by atoms with E-state index in [0.717, 1.165) is 62.7 Å². The summed E-state index contributed by atoms with van der Waals surface area (Å²) in [5.74, 6) is -0.670. The molecule has 1 amide bonds. The monoisotopic (exact) mass is 558 g/mol. The van der Waals surface area contributed by atoms with Crippen LogP contribution in [0.5, 0.6) is 0 Å². The van der Waals surface area contributed by atoms with Crippen molar-refractivity contribution in [1.29, 1.82) is 0 Å². The van der Waals surface area contributed by atoms with E-state index < -0.39 is 17.5 Å². The van der Waals surface area contributed by atoms with Gasteiger partial charge in [-0.25, -0.2) is 14.4 Å². The van der Waals surface area contributed by atoms with Gasteiger partial charge in [-0.3, -0.25) is 0 Å². The molecule has 4 rings (SSSR count). The van der Waals surface area contributed by atoms with Crippen LogP contribution in [0.25, 0.3) is 0 Å². The van der Waals surface area contributed by atoms with E-state index in [0.29, 0.717) is 36.7 Å². The number of esters is 2. The van der Waals surface area contributed by atoms with Gasteiger partial charge in [-0.2, -0.15) is 0 Å². The summed E-state index contributed by atoms with van der Waals surface area (Å²) in [6.07, 6.45) is 6.09. The van der Waals surface area contributed by atoms with Crippen molar-refractivity contribution in [3.05, 3.63) is 34.4 Å². The van der Waals surface area contributed by atoms with Gasteiger partial charge in [0, 0.05) is 19.1 Å². The fourth-order valence-electron chi connectivity index (χ4n) is 6.21. The molecule has 9 heteroatoms. The third-order valence-electron chi connectivity index (χ3n) is 8.43. The maximum absolute atomic E-state index is 12.6. The Morgan fingerprint density at radius 1 is 0.925 bits per heavy atom. The minimum atomic E-state index is -0.504. The Morgan fingerprint density at radius 2 is 1.57 bits per heavy atom. The van der Waals surface area contributed by atoms with Crippen molar-refractivity contribution in [2.75, 3.05) is 39.9 Å². The third kappa shape index (κ3) is 7.16. The smallest absolute Gasteiger partial charge is 0.410 e. The van der Waals surface area contributed by atoms with Gasteiger partial charge >= 0.3 is 18.0 Å². The highest BCUT2D eigenvalue weighted by molar-refractivity contribution is 6.04. The zero-order chi connectivity index (χ0) is 29.0. The van der Waals surface area contributed by atoms with Gasteiger partial charge in [-0.05, 0) is 109 Å². The van der Waals surface area contributed by atoms with Crippen LogP contribution in [0.1, 0.15) is 104 Å². The number of hydrogen-bond donors (Lipinski definition) is 0. The molecule has 1 aromatic carbocycles. The van der Waals surface area contributed by atoms with Crippen LogP contribution in [0.4, 0.5) is 4.79 Å². The largest absolute Gasteiger partial charge is 0.465 e. The van der Waals surface area contributed by atoms with Crippen molar-refractivity contribution < 1.29 is 33.3 Å². The van der Waals surface area contributed by atoms with Gasteiger partial charge in [0.1, 0.15) is 5.60 Å². The second-order valence-corrected chi connectivity index (χ2v) is 12.3. The summed E-state index contributed by atoms with van der Waals surface area (Å²) in [5.41, 5.74) is 2.03. The van der Waals surface area contributed by atoms with E-state index in [9.17, 15) is 14.4 Å². The number of methoxy groups -OCH3 is 1. The van der Waals surface area contributed by atoms with Crippen molar-refractivity contribution in [3.63, 3.8) is 0 Å². The molecule has 2 saturated heterocycles. The Bertz CT molecular complexity index is 1060. The molecule has 0 aromatic heterocycles. The van der Waals surface area contributed by atoms with E-state index in [1.807, 2.05) is 33.8 Å². The van der Waals surface area contributed by atoms with Crippen molar-refractivity contribution in [1.82, 2.24) is 9.80 Å². The van der Waals surface area contributed by atoms with Crippen LogP contribution >= 0.6 is 0 Å².